The summed E-state index contributed by atoms with van der Waals surface area (Å²) in [4.78, 5) is 16.6. The van der Waals surface area contributed by atoms with Gasteiger partial charge in [-0.3, -0.25) is 4.90 Å². The van der Waals surface area contributed by atoms with E-state index in [0.29, 0.717) is 12.5 Å². The summed E-state index contributed by atoms with van der Waals surface area (Å²) in [5.41, 5.74) is 3.76. The van der Waals surface area contributed by atoms with E-state index in [1.807, 2.05) is 25.7 Å². The summed E-state index contributed by atoms with van der Waals surface area (Å²) < 4.78 is 11.7. The van der Waals surface area contributed by atoms with Gasteiger partial charge in [-0.15, -0.1) is 0 Å². The van der Waals surface area contributed by atoms with Crippen LogP contribution in [0.2, 0.25) is 0 Å². The van der Waals surface area contributed by atoms with Crippen LogP contribution in [0.1, 0.15) is 56.7 Å². The molecule has 0 saturated carbocycles. The molecule has 0 aromatic heterocycles. The van der Waals surface area contributed by atoms with E-state index in [2.05, 4.69) is 53.4 Å². The third-order valence-corrected chi connectivity index (χ3v) is 6.49. The van der Waals surface area contributed by atoms with Gasteiger partial charge in [-0.2, -0.15) is 0 Å². The minimum atomic E-state index is -0.445. The molecule has 178 valence electrons. The summed E-state index contributed by atoms with van der Waals surface area (Å²) in [6.45, 7) is 11.0. The quantitative estimate of drug-likeness (QED) is 0.589. The number of nitrogens with zero attached hydrogens (tertiary/aromatic N) is 2. The number of fused-ring (bicyclic) bond motifs is 1. The number of aryl methyl sites for hydroxylation is 1. The summed E-state index contributed by atoms with van der Waals surface area (Å²) in [5, 5.41) is 0. The molecule has 0 atom stereocenters. The Morgan fingerprint density at radius 2 is 1.76 bits per heavy atom. The Bertz CT molecular complexity index is 914. The normalized spacial score (nSPS) is 17.8. The number of rotatable bonds is 5. The van der Waals surface area contributed by atoms with E-state index < -0.39 is 5.60 Å². The fraction of sp³-hybridized carbons (Fsp3) is 0.536. The first-order valence-corrected chi connectivity index (χ1v) is 12.3. The van der Waals surface area contributed by atoms with E-state index in [0.717, 1.165) is 57.7 Å². The number of likely N-dealkylation sites (tertiary alicyclic amines) is 1. The van der Waals surface area contributed by atoms with E-state index in [1.54, 1.807) is 0 Å². The first kappa shape index (κ1) is 23.6. The minimum absolute atomic E-state index is 0.201. The molecule has 33 heavy (non-hydrogen) atoms. The topological polar surface area (TPSA) is 42.0 Å². The number of amides is 1. The summed E-state index contributed by atoms with van der Waals surface area (Å²) in [6, 6.07) is 17.3. The van der Waals surface area contributed by atoms with Crippen LogP contribution in [-0.4, -0.2) is 47.7 Å². The molecule has 4 rings (SSSR count). The summed E-state index contributed by atoms with van der Waals surface area (Å²) in [6.07, 6.45) is 4.03. The van der Waals surface area contributed by atoms with Crippen LogP contribution in [0.4, 0.5) is 4.79 Å². The van der Waals surface area contributed by atoms with Gasteiger partial charge in [-0.25, -0.2) is 4.79 Å². The zero-order valence-corrected chi connectivity index (χ0v) is 20.4. The van der Waals surface area contributed by atoms with Gasteiger partial charge in [0.15, 0.2) is 0 Å². The lowest BCUT2D eigenvalue weighted by atomic mass is 9.98. The lowest BCUT2D eigenvalue weighted by Crippen LogP contribution is -2.42. The molecule has 0 unspecified atom stereocenters. The average Bonchev–Trinajstić information content (AvgIpc) is 2.98. The number of hydrogen-bond acceptors (Lipinski definition) is 4. The average molecular weight is 451 g/mol. The molecule has 5 heteroatoms. The van der Waals surface area contributed by atoms with Gasteiger partial charge in [0.05, 0.1) is 6.61 Å². The van der Waals surface area contributed by atoms with E-state index in [-0.39, 0.29) is 6.09 Å². The number of carbonyl (C=O) groups is 1. The number of carbonyl (C=O) groups excluding carboxylic acids is 1. The molecular weight excluding hydrogens is 412 g/mol. The Labute approximate surface area is 198 Å². The predicted molar refractivity (Wildman–Crippen MR) is 131 cm³/mol. The van der Waals surface area contributed by atoms with Gasteiger partial charge < -0.3 is 14.4 Å². The number of benzene rings is 2. The van der Waals surface area contributed by atoms with Gasteiger partial charge >= 0.3 is 6.09 Å². The lowest BCUT2D eigenvalue weighted by Gasteiger charge is -2.33. The second-order valence-corrected chi connectivity index (χ2v) is 10.5. The standard InChI is InChI=1S/C28H38N2O3/c1-28(2,3)33-27(31)30-16-13-23(14-17-30)21-32-26-12-11-24-10-7-15-29(20-25(24)18-26)19-22-8-5-4-6-9-22/h4-6,8-9,11-12,18,23H,7,10,13-17,19-21H2,1-3H3. The molecular formula is C28H38N2O3. The zero-order chi connectivity index (χ0) is 23.3. The van der Waals surface area contributed by atoms with E-state index >= 15 is 0 Å². The van der Waals surface area contributed by atoms with Gasteiger partial charge in [0.2, 0.25) is 0 Å². The van der Waals surface area contributed by atoms with Gasteiger partial charge in [0.25, 0.3) is 0 Å². The van der Waals surface area contributed by atoms with Gasteiger partial charge in [0, 0.05) is 26.2 Å². The highest BCUT2D eigenvalue weighted by molar-refractivity contribution is 5.68. The molecule has 0 N–H and O–H groups in total. The monoisotopic (exact) mass is 450 g/mol. The van der Waals surface area contributed by atoms with Gasteiger partial charge in [0.1, 0.15) is 11.4 Å². The maximum absolute atomic E-state index is 12.3. The molecule has 1 amide bonds. The fourth-order valence-electron chi connectivity index (χ4n) is 4.70. The first-order chi connectivity index (χ1) is 15.9. The van der Waals surface area contributed by atoms with Crippen molar-refractivity contribution in [1.82, 2.24) is 9.80 Å². The molecule has 2 heterocycles. The molecule has 0 bridgehead atoms. The molecule has 0 spiro atoms. The van der Waals surface area contributed by atoms with Crippen molar-refractivity contribution in [2.75, 3.05) is 26.2 Å². The van der Waals surface area contributed by atoms with Crippen LogP contribution in [0.15, 0.2) is 48.5 Å². The van der Waals surface area contributed by atoms with E-state index in [1.165, 1.54) is 23.1 Å². The molecule has 2 aliphatic rings. The number of hydrogen-bond donors (Lipinski definition) is 0. The maximum atomic E-state index is 12.3. The van der Waals surface area contributed by atoms with Crippen molar-refractivity contribution < 1.29 is 14.3 Å². The summed E-state index contributed by atoms with van der Waals surface area (Å²) >= 11 is 0. The van der Waals surface area contributed by atoms with Crippen molar-refractivity contribution in [2.45, 2.75) is 65.1 Å². The van der Waals surface area contributed by atoms with Crippen LogP contribution in [0.25, 0.3) is 0 Å². The smallest absolute Gasteiger partial charge is 0.410 e. The van der Waals surface area contributed by atoms with Crippen LogP contribution in [0.3, 0.4) is 0 Å². The maximum Gasteiger partial charge on any atom is 0.410 e. The third-order valence-electron chi connectivity index (χ3n) is 6.49. The van der Waals surface area contributed by atoms with Crippen molar-refractivity contribution >= 4 is 6.09 Å². The highest BCUT2D eigenvalue weighted by atomic mass is 16.6. The minimum Gasteiger partial charge on any atom is -0.493 e. The summed E-state index contributed by atoms with van der Waals surface area (Å²) in [7, 11) is 0. The summed E-state index contributed by atoms with van der Waals surface area (Å²) in [5.74, 6) is 1.43. The second kappa shape index (κ2) is 10.6. The highest BCUT2D eigenvalue weighted by Crippen LogP contribution is 2.26. The Morgan fingerprint density at radius 3 is 2.48 bits per heavy atom. The molecule has 1 saturated heterocycles. The molecule has 2 aliphatic heterocycles. The van der Waals surface area contributed by atoms with Crippen LogP contribution in [0, 0.1) is 5.92 Å². The van der Waals surface area contributed by atoms with Crippen LogP contribution in [0.5, 0.6) is 5.75 Å². The third kappa shape index (κ3) is 6.97. The Hall–Kier alpha value is -2.53. The van der Waals surface area contributed by atoms with Crippen LogP contribution < -0.4 is 4.74 Å². The number of piperidine rings is 1. The Morgan fingerprint density at radius 1 is 1.00 bits per heavy atom. The number of ether oxygens (including phenoxy) is 2. The second-order valence-electron chi connectivity index (χ2n) is 10.5. The van der Waals surface area contributed by atoms with Crippen LogP contribution >= 0.6 is 0 Å². The first-order valence-electron chi connectivity index (χ1n) is 12.3. The molecule has 5 nitrogen and oxygen atoms in total. The SMILES string of the molecule is CC(C)(C)OC(=O)N1CCC(COc2ccc3c(c2)CN(Cc2ccccc2)CCC3)CC1. The van der Waals surface area contributed by atoms with Crippen molar-refractivity contribution in [2.24, 2.45) is 5.92 Å². The molecule has 2 aromatic rings. The van der Waals surface area contributed by atoms with Crippen molar-refractivity contribution in [3.63, 3.8) is 0 Å². The van der Waals surface area contributed by atoms with Crippen molar-refractivity contribution in [1.29, 1.82) is 0 Å². The Balaban J connectivity index is 1.28. The zero-order valence-electron chi connectivity index (χ0n) is 20.4. The molecule has 0 aliphatic carbocycles. The van der Waals surface area contributed by atoms with Crippen molar-refractivity contribution in [3.05, 3.63) is 65.2 Å². The molecule has 1 fully saturated rings. The molecule has 2 aromatic carbocycles. The Kier molecular flexibility index (Phi) is 7.59. The lowest BCUT2D eigenvalue weighted by molar-refractivity contribution is 0.0165. The molecule has 0 radical (unpaired) electrons. The predicted octanol–water partition coefficient (Wildman–Crippen LogP) is 5.66. The van der Waals surface area contributed by atoms with Crippen LogP contribution in [-0.2, 0) is 24.2 Å². The van der Waals surface area contributed by atoms with Crippen molar-refractivity contribution in [3.8, 4) is 5.75 Å². The largest absolute Gasteiger partial charge is 0.493 e. The van der Waals surface area contributed by atoms with E-state index in [9.17, 15) is 4.79 Å². The highest BCUT2D eigenvalue weighted by Gasteiger charge is 2.27. The van der Waals surface area contributed by atoms with Gasteiger partial charge in [-0.1, -0.05) is 36.4 Å². The fourth-order valence-corrected chi connectivity index (χ4v) is 4.70. The van der Waals surface area contributed by atoms with Gasteiger partial charge in [-0.05, 0) is 87.7 Å². The van der Waals surface area contributed by atoms with E-state index in [4.69, 9.17) is 9.47 Å².